The average Bonchev–Trinajstić information content (AvgIpc) is 2.32. The molecule has 0 atom stereocenters. The van der Waals surface area contributed by atoms with Crippen LogP contribution in [0.3, 0.4) is 0 Å². The first-order chi connectivity index (χ1) is 8.45. The minimum Gasteiger partial charge on any atom is -0.258 e. The molecule has 2 aromatic rings. The van der Waals surface area contributed by atoms with Crippen LogP contribution in [-0.2, 0) is 0 Å². The molecular formula is C10H4Cl2N2O4. The lowest BCUT2D eigenvalue weighted by Crippen LogP contribution is -1.99. The van der Waals surface area contributed by atoms with Gasteiger partial charge in [-0.15, -0.1) is 0 Å². The molecular weight excluding hydrogens is 283 g/mol. The molecule has 2 rings (SSSR count). The fourth-order valence-corrected chi connectivity index (χ4v) is 2.20. The van der Waals surface area contributed by atoms with Crippen molar-refractivity contribution in [1.29, 1.82) is 0 Å². The number of nitrogens with zero attached hydrogens (tertiary/aromatic N) is 2. The van der Waals surface area contributed by atoms with Gasteiger partial charge in [0.15, 0.2) is 0 Å². The first-order valence-corrected chi connectivity index (χ1v) is 5.39. The molecule has 0 bridgehead atoms. The summed E-state index contributed by atoms with van der Waals surface area (Å²) in [6.45, 7) is 0. The van der Waals surface area contributed by atoms with E-state index in [2.05, 4.69) is 0 Å². The molecule has 0 radical (unpaired) electrons. The van der Waals surface area contributed by atoms with Crippen molar-refractivity contribution in [2.75, 3.05) is 0 Å². The number of benzene rings is 2. The summed E-state index contributed by atoms with van der Waals surface area (Å²) in [4.78, 5) is 20.2. The van der Waals surface area contributed by atoms with Gasteiger partial charge in [0, 0.05) is 5.39 Å². The van der Waals surface area contributed by atoms with Gasteiger partial charge in [0.25, 0.3) is 0 Å². The Labute approximate surface area is 110 Å². The molecule has 0 aliphatic rings. The first kappa shape index (κ1) is 12.5. The van der Waals surface area contributed by atoms with Crippen LogP contribution in [-0.4, -0.2) is 9.85 Å². The second-order valence-corrected chi connectivity index (χ2v) is 4.14. The summed E-state index contributed by atoms with van der Waals surface area (Å²) in [5.74, 6) is 0. The molecule has 0 spiro atoms. The maximum absolute atomic E-state index is 11.0. The Morgan fingerprint density at radius 1 is 0.833 bits per heavy atom. The number of halogens is 2. The summed E-state index contributed by atoms with van der Waals surface area (Å²) >= 11 is 11.6. The van der Waals surface area contributed by atoms with Crippen LogP contribution in [0.15, 0.2) is 24.3 Å². The summed E-state index contributed by atoms with van der Waals surface area (Å²) in [5, 5.41) is 21.8. The molecule has 0 N–H and O–H groups in total. The number of hydrogen-bond acceptors (Lipinski definition) is 4. The van der Waals surface area contributed by atoms with E-state index in [4.69, 9.17) is 23.2 Å². The summed E-state index contributed by atoms with van der Waals surface area (Å²) in [5.41, 5.74) is -1.43. The lowest BCUT2D eigenvalue weighted by atomic mass is 10.1. The van der Waals surface area contributed by atoms with Crippen molar-refractivity contribution >= 4 is 45.3 Å². The molecule has 0 aromatic heterocycles. The third-order valence-electron chi connectivity index (χ3n) is 2.41. The highest BCUT2D eigenvalue weighted by atomic mass is 35.5. The first-order valence-electron chi connectivity index (χ1n) is 4.63. The van der Waals surface area contributed by atoms with Crippen molar-refractivity contribution in [3.05, 3.63) is 54.5 Å². The Bertz CT molecular complexity index is 687. The number of rotatable bonds is 2. The number of fused-ring (bicyclic) bond motifs is 1. The van der Waals surface area contributed by atoms with Crippen LogP contribution in [0.2, 0.25) is 10.0 Å². The third kappa shape index (κ3) is 1.75. The molecule has 18 heavy (non-hydrogen) atoms. The number of hydrogen-bond donors (Lipinski definition) is 0. The molecule has 0 heterocycles. The van der Waals surface area contributed by atoms with Crippen molar-refractivity contribution in [2.24, 2.45) is 0 Å². The predicted molar refractivity (Wildman–Crippen MR) is 67.3 cm³/mol. The molecule has 0 aliphatic carbocycles. The van der Waals surface area contributed by atoms with Gasteiger partial charge >= 0.3 is 11.4 Å². The summed E-state index contributed by atoms with van der Waals surface area (Å²) < 4.78 is 0. The van der Waals surface area contributed by atoms with Gasteiger partial charge in [-0.05, 0) is 6.07 Å². The Morgan fingerprint density at radius 3 is 1.83 bits per heavy atom. The van der Waals surface area contributed by atoms with Gasteiger partial charge in [-0.25, -0.2) is 0 Å². The van der Waals surface area contributed by atoms with Crippen molar-refractivity contribution in [2.45, 2.75) is 0 Å². The van der Waals surface area contributed by atoms with E-state index in [-0.39, 0.29) is 10.4 Å². The quantitative estimate of drug-likeness (QED) is 0.617. The van der Waals surface area contributed by atoms with Gasteiger partial charge in [0.2, 0.25) is 0 Å². The van der Waals surface area contributed by atoms with Gasteiger partial charge in [0.1, 0.15) is 5.02 Å². The minimum absolute atomic E-state index is 0.0652. The zero-order valence-corrected chi connectivity index (χ0v) is 10.1. The molecule has 2 aromatic carbocycles. The van der Waals surface area contributed by atoms with E-state index in [1.807, 2.05) is 0 Å². The van der Waals surface area contributed by atoms with E-state index < -0.39 is 26.2 Å². The van der Waals surface area contributed by atoms with Gasteiger partial charge < -0.3 is 0 Å². The van der Waals surface area contributed by atoms with Crippen LogP contribution in [0, 0.1) is 20.2 Å². The van der Waals surface area contributed by atoms with Crippen molar-refractivity contribution in [1.82, 2.24) is 0 Å². The van der Waals surface area contributed by atoms with E-state index in [1.165, 1.54) is 18.2 Å². The van der Waals surface area contributed by atoms with E-state index in [0.29, 0.717) is 5.39 Å². The fraction of sp³-hybridized carbons (Fsp3) is 0. The van der Waals surface area contributed by atoms with Crippen LogP contribution in [0.1, 0.15) is 0 Å². The lowest BCUT2D eigenvalue weighted by Gasteiger charge is -2.05. The zero-order chi connectivity index (χ0) is 13.4. The second kappa shape index (κ2) is 4.40. The third-order valence-corrected chi connectivity index (χ3v) is 3.27. The van der Waals surface area contributed by atoms with E-state index in [0.717, 1.165) is 0 Å². The normalized spacial score (nSPS) is 10.6. The van der Waals surface area contributed by atoms with E-state index in [9.17, 15) is 20.2 Å². The molecule has 0 saturated carbocycles. The second-order valence-electron chi connectivity index (χ2n) is 3.38. The minimum atomic E-state index is -0.904. The van der Waals surface area contributed by atoms with Crippen LogP contribution < -0.4 is 0 Å². The Hall–Kier alpha value is -1.92. The maximum atomic E-state index is 11.0. The lowest BCUT2D eigenvalue weighted by molar-refractivity contribution is -0.421. The largest absolute Gasteiger partial charge is 0.366 e. The fourth-order valence-electron chi connectivity index (χ4n) is 1.69. The van der Waals surface area contributed by atoms with E-state index >= 15 is 0 Å². The van der Waals surface area contributed by atoms with Crippen LogP contribution in [0.25, 0.3) is 10.8 Å². The number of nitro groups is 2. The molecule has 92 valence electrons. The number of nitro benzene ring substituents is 2. The molecule has 0 unspecified atom stereocenters. The van der Waals surface area contributed by atoms with Crippen LogP contribution >= 0.6 is 23.2 Å². The Morgan fingerprint density at radius 2 is 1.33 bits per heavy atom. The van der Waals surface area contributed by atoms with Gasteiger partial charge in [-0.2, -0.15) is 0 Å². The predicted octanol–water partition coefficient (Wildman–Crippen LogP) is 3.96. The summed E-state index contributed by atoms with van der Waals surface area (Å²) in [7, 11) is 0. The Balaban J connectivity index is 3.08. The van der Waals surface area contributed by atoms with Gasteiger partial charge in [0.05, 0.1) is 20.3 Å². The summed E-state index contributed by atoms with van der Waals surface area (Å²) in [6, 6.07) is 6.05. The topological polar surface area (TPSA) is 86.3 Å². The monoisotopic (exact) mass is 286 g/mol. The average molecular weight is 287 g/mol. The molecule has 0 amide bonds. The molecule has 0 fully saturated rings. The van der Waals surface area contributed by atoms with E-state index in [1.54, 1.807) is 6.07 Å². The molecule has 8 heteroatoms. The molecule has 0 saturated heterocycles. The van der Waals surface area contributed by atoms with Crippen molar-refractivity contribution < 1.29 is 9.85 Å². The molecule has 0 aliphatic heterocycles. The van der Waals surface area contributed by atoms with Crippen LogP contribution in [0.4, 0.5) is 11.4 Å². The Kier molecular flexibility index (Phi) is 3.06. The van der Waals surface area contributed by atoms with Crippen molar-refractivity contribution in [3.63, 3.8) is 0 Å². The van der Waals surface area contributed by atoms with Crippen molar-refractivity contribution in [3.8, 4) is 0 Å². The zero-order valence-electron chi connectivity index (χ0n) is 8.59. The summed E-state index contributed by atoms with van der Waals surface area (Å²) in [6.07, 6.45) is 0. The highest BCUT2D eigenvalue weighted by molar-refractivity contribution is 6.47. The maximum Gasteiger partial charge on any atom is 0.366 e. The van der Waals surface area contributed by atoms with Gasteiger partial charge in [-0.1, -0.05) is 41.4 Å². The SMILES string of the molecule is O=[N+]([O-])c1c(Cl)c(Cl)c2ccccc2c1[N+](=O)[O-]. The van der Waals surface area contributed by atoms with Crippen LogP contribution in [0.5, 0.6) is 0 Å². The highest BCUT2D eigenvalue weighted by Crippen LogP contribution is 2.45. The standard InChI is InChI=1S/C10H4Cl2N2O4/c11-7-5-3-1-2-4-6(5)9(13(15)16)10(8(7)12)14(17)18/h1-4H. The highest BCUT2D eigenvalue weighted by Gasteiger charge is 2.33. The molecule has 6 nitrogen and oxygen atoms in total. The van der Waals surface area contributed by atoms with Gasteiger partial charge in [-0.3, -0.25) is 20.2 Å². The smallest absolute Gasteiger partial charge is 0.258 e.